The Kier molecular flexibility index (Phi) is 8.89. The fourth-order valence-electron chi connectivity index (χ4n) is 5.54. The van der Waals surface area contributed by atoms with Gasteiger partial charge >= 0.3 is 0 Å². The Balaban J connectivity index is 0.00000320. The van der Waals surface area contributed by atoms with Gasteiger partial charge in [-0.3, -0.25) is 0 Å². The molecule has 0 amide bonds. The minimum atomic E-state index is 0. The third-order valence-electron chi connectivity index (χ3n) is 7.03. The summed E-state index contributed by atoms with van der Waals surface area (Å²) in [4.78, 5) is 17.6. The molecule has 3 aromatic heterocycles. The molecule has 2 N–H and O–H groups in total. The molecule has 2 aliphatic heterocycles. The Morgan fingerprint density at radius 1 is 0.622 bits per heavy atom. The Morgan fingerprint density at radius 2 is 1.27 bits per heavy atom. The first-order valence-corrected chi connectivity index (χ1v) is 13.8. The molecule has 0 unspecified atom stereocenters. The second kappa shape index (κ2) is 12.1. The van der Waals surface area contributed by atoms with Crippen molar-refractivity contribution in [2.24, 2.45) is 0 Å². The topological polar surface area (TPSA) is 57.4 Å². The van der Waals surface area contributed by atoms with Crippen molar-refractivity contribution in [1.82, 2.24) is 19.9 Å². The van der Waals surface area contributed by atoms with Crippen LogP contribution in [0.5, 0.6) is 0 Å². The maximum atomic E-state index is 5.38. The molecule has 37 heavy (non-hydrogen) atoms. The number of hydrogen-bond donors (Lipinski definition) is 2. The molecule has 194 valence electrons. The van der Waals surface area contributed by atoms with Gasteiger partial charge in [0.25, 0.3) is 0 Å². The van der Waals surface area contributed by atoms with Crippen molar-refractivity contribution < 1.29 is 17.1 Å². The normalized spacial score (nSPS) is 12.8. The molecular weight excluding hydrogens is 496 g/mol. The van der Waals surface area contributed by atoms with Crippen molar-refractivity contribution in [2.45, 2.75) is 79.1 Å². The van der Waals surface area contributed by atoms with Crippen molar-refractivity contribution in [3.63, 3.8) is 0 Å². The van der Waals surface area contributed by atoms with Crippen LogP contribution in [-0.2, 0) is 29.9 Å². The third-order valence-corrected chi connectivity index (χ3v) is 7.03. The van der Waals surface area contributed by atoms with E-state index in [0.717, 1.165) is 85.0 Å². The monoisotopic (exact) mass is 534 g/mol. The molecule has 0 fully saturated rings. The number of nitrogens with zero attached hydrogens (tertiary/aromatic N) is 2. The van der Waals surface area contributed by atoms with Crippen LogP contribution in [-0.4, -0.2) is 19.9 Å². The molecule has 0 saturated carbocycles. The van der Waals surface area contributed by atoms with Gasteiger partial charge in [-0.05, 0) is 90.9 Å². The Hall–Kier alpha value is -2.88. The molecule has 5 rings (SSSR count). The summed E-state index contributed by atoms with van der Waals surface area (Å²) >= 11 is 0. The van der Waals surface area contributed by atoms with Crippen LogP contribution in [0.3, 0.4) is 0 Å². The fourth-order valence-corrected chi connectivity index (χ4v) is 5.54. The van der Waals surface area contributed by atoms with Crippen molar-refractivity contribution in [2.75, 3.05) is 0 Å². The molecule has 0 atom stereocenters. The van der Waals surface area contributed by atoms with Crippen molar-refractivity contribution in [1.29, 1.82) is 0 Å². The SMILES string of the molecule is CCCC1=C(CCC)c2nc1cc1nc(cc3ccc(cc4cc(CCC)c([nH]4)c2CCC)[nH]3)C=C1.[Fe]. The number of aromatic nitrogens is 4. The van der Waals surface area contributed by atoms with E-state index in [1.807, 2.05) is 0 Å². The van der Waals surface area contributed by atoms with E-state index < -0.39 is 0 Å². The summed E-state index contributed by atoms with van der Waals surface area (Å²) in [5, 5.41) is 0. The number of nitrogens with one attached hydrogen (secondary N) is 2. The van der Waals surface area contributed by atoms with Crippen LogP contribution in [0.1, 0.15) is 100 Å². The molecular formula is C32H38FeN4. The largest absolute Gasteiger partial charge is 0.355 e. The van der Waals surface area contributed by atoms with Crippen LogP contribution in [0.25, 0.3) is 45.4 Å². The molecule has 5 heterocycles. The number of aryl methyl sites for hydroxylation is 2. The van der Waals surface area contributed by atoms with Gasteiger partial charge in [0.15, 0.2) is 0 Å². The van der Waals surface area contributed by atoms with E-state index in [4.69, 9.17) is 9.97 Å². The summed E-state index contributed by atoms with van der Waals surface area (Å²) in [5.41, 5.74) is 14.4. The van der Waals surface area contributed by atoms with E-state index in [1.54, 1.807) is 0 Å². The van der Waals surface area contributed by atoms with E-state index in [-0.39, 0.29) is 17.1 Å². The van der Waals surface area contributed by atoms with Gasteiger partial charge in [0.1, 0.15) is 0 Å². The summed E-state index contributed by atoms with van der Waals surface area (Å²) in [5.74, 6) is 0. The van der Waals surface area contributed by atoms with Crippen LogP contribution in [0.15, 0.2) is 36.4 Å². The van der Waals surface area contributed by atoms with Gasteiger partial charge in [0.05, 0.1) is 22.8 Å². The maximum absolute atomic E-state index is 5.38. The van der Waals surface area contributed by atoms with Crippen LogP contribution < -0.4 is 0 Å². The van der Waals surface area contributed by atoms with Crippen LogP contribution in [0, 0.1) is 0 Å². The first kappa shape index (κ1) is 27.2. The predicted octanol–water partition coefficient (Wildman–Crippen LogP) is 8.90. The molecule has 5 heteroatoms. The zero-order valence-electron chi connectivity index (χ0n) is 22.5. The quantitative estimate of drug-likeness (QED) is 0.222. The minimum absolute atomic E-state index is 0. The first-order chi connectivity index (χ1) is 17.6. The summed E-state index contributed by atoms with van der Waals surface area (Å²) in [7, 11) is 0. The Morgan fingerprint density at radius 3 is 1.97 bits per heavy atom. The van der Waals surface area contributed by atoms with E-state index in [0.29, 0.717) is 0 Å². The molecule has 0 aromatic carbocycles. The van der Waals surface area contributed by atoms with E-state index in [9.17, 15) is 0 Å². The second-order valence-corrected chi connectivity index (χ2v) is 10.0. The zero-order valence-corrected chi connectivity index (χ0v) is 23.6. The number of H-pyrrole nitrogens is 2. The van der Waals surface area contributed by atoms with Gasteiger partial charge in [-0.1, -0.05) is 53.4 Å². The minimum Gasteiger partial charge on any atom is -0.355 e. The van der Waals surface area contributed by atoms with Gasteiger partial charge in [-0.25, -0.2) is 9.97 Å². The van der Waals surface area contributed by atoms with Crippen LogP contribution >= 0.6 is 0 Å². The van der Waals surface area contributed by atoms with E-state index in [1.165, 1.54) is 33.5 Å². The summed E-state index contributed by atoms with van der Waals surface area (Å²) < 4.78 is 0. The zero-order chi connectivity index (χ0) is 25.1. The average Bonchev–Trinajstić information content (AvgIpc) is 3.64. The van der Waals surface area contributed by atoms with Gasteiger partial charge in [0.2, 0.25) is 0 Å². The van der Waals surface area contributed by atoms with Gasteiger partial charge < -0.3 is 9.97 Å². The summed E-state index contributed by atoms with van der Waals surface area (Å²) in [6.45, 7) is 9.08. The number of fused-ring (bicyclic) bond motifs is 8. The molecule has 0 radical (unpaired) electrons. The average molecular weight is 535 g/mol. The predicted molar refractivity (Wildman–Crippen MR) is 155 cm³/mol. The molecule has 0 aliphatic carbocycles. The smallest absolute Gasteiger partial charge is 0.0725 e. The molecule has 0 saturated heterocycles. The van der Waals surface area contributed by atoms with Gasteiger partial charge in [-0.2, -0.15) is 0 Å². The summed E-state index contributed by atoms with van der Waals surface area (Å²) in [6, 6.07) is 13.1. The van der Waals surface area contributed by atoms with Crippen LogP contribution in [0.2, 0.25) is 0 Å². The first-order valence-electron chi connectivity index (χ1n) is 13.8. The molecule has 3 aromatic rings. The van der Waals surface area contributed by atoms with Gasteiger partial charge in [0, 0.05) is 44.7 Å². The maximum Gasteiger partial charge on any atom is 0.0725 e. The van der Waals surface area contributed by atoms with Gasteiger partial charge in [-0.15, -0.1) is 0 Å². The fraction of sp³-hybridized carbons (Fsp3) is 0.375. The third kappa shape index (κ3) is 5.68. The van der Waals surface area contributed by atoms with E-state index in [2.05, 4.69) is 86.2 Å². The number of allylic oxidation sites excluding steroid dienone is 2. The standard InChI is InChI=1S/C32H38N4.Fe/c1-5-9-21-17-26-19-24-14-13-22(33-24)18-23-15-16-25(34-23)20-30-27(10-6-2)28(11-7-3)32(36-30)29(12-8-4)31(21)35-26;/h13-20,33,35H,5-12H2,1-4H3;. The van der Waals surface area contributed by atoms with E-state index >= 15 is 0 Å². The van der Waals surface area contributed by atoms with Crippen LogP contribution in [0.4, 0.5) is 0 Å². The van der Waals surface area contributed by atoms with Crippen molar-refractivity contribution in [3.05, 3.63) is 70.3 Å². The second-order valence-electron chi connectivity index (χ2n) is 10.0. The molecule has 0 spiro atoms. The van der Waals surface area contributed by atoms with Crippen molar-refractivity contribution in [3.8, 4) is 0 Å². The number of hydrogen-bond acceptors (Lipinski definition) is 2. The summed E-state index contributed by atoms with van der Waals surface area (Å²) in [6.07, 6.45) is 12.8. The Bertz CT molecular complexity index is 1490. The molecule has 2 aliphatic rings. The number of rotatable bonds is 8. The number of aromatic amines is 2. The Labute approximate surface area is 231 Å². The van der Waals surface area contributed by atoms with Crippen molar-refractivity contribution >= 4 is 45.4 Å². The molecule has 8 bridgehead atoms. The molecule has 4 nitrogen and oxygen atoms in total.